The zero-order chi connectivity index (χ0) is 37.5. The SMILES string of the molecule is C1=CC(C2N=C(c3ccccc3)N=C(c3ccc4c(c3)sc3ccc(-c5cccc6c5oc5c(-n7c8ccccc8c8ccccc87)cccc56)cc34)N2)=CCC1. The molecular formula is C51H34N4OS. The van der Waals surface area contributed by atoms with E-state index in [2.05, 4.69) is 162 Å². The molecule has 57 heavy (non-hydrogen) atoms. The fourth-order valence-corrected chi connectivity index (χ4v) is 9.93. The fourth-order valence-electron chi connectivity index (χ4n) is 8.80. The van der Waals surface area contributed by atoms with Crippen LogP contribution < -0.4 is 5.32 Å². The standard InChI is InChI=1S/C51H34N4OS/c1-3-13-31(14-4-1)49-52-50(32-15-5-2-6-16-32)54-51(53-49)34-25-27-38-41-29-33(26-28-45(41)57-46(38)30-34)35-19-11-20-39-40-21-12-24-44(48(40)56-47(35)39)55-42-22-9-7-17-36(42)37-18-8-10-23-43(37)55/h1,3-5,7-30,50H,2,6H2,(H,52,53,54). The molecule has 0 spiro atoms. The Morgan fingerprint density at radius 3 is 2.12 bits per heavy atom. The second-order valence-corrected chi connectivity index (χ2v) is 15.9. The van der Waals surface area contributed by atoms with Crippen molar-refractivity contribution in [3.05, 3.63) is 187 Å². The smallest absolute Gasteiger partial charge is 0.159 e. The topological polar surface area (TPSA) is 54.8 Å². The van der Waals surface area contributed by atoms with Gasteiger partial charge in [0.05, 0.1) is 16.7 Å². The molecule has 3 aromatic heterocycles. The predicted octanol–water partition coefficient (Wildman–Crippen LogP) is 13.1. The van der Waals surface area contributed by atoms with Crippen LogP contribution in [-0.4, -0.2) is 22.4 Å². The fraction of sp³-hybridized carbons (Fsp3) is 0.0588. The molecule has 4 heterocycles. The molecule has 1 aliphatic heterocycles. The van der Waals surface area contributed by atoms with Gasteiger partial charge in [0.2, 0.25) is 0 Å². The molecule has 1 atom stereocenters. The number of furan rings is 1. The normalized spacial score (nSPS) is 15.8. The van der Waals surface area contributed by atoms with E-state index in [0.717, 1.165) is 74.4 Å². The van der Waals surface area contributed by atoms with Crippen molar-refractivity contribution in [1.82, 2.24) is 9.88 Å². The Morgan fingerprint density at radius 2 is 1.32 bits per heavy atom. The molecular weight excluding hydrogens is 717 g/mol. The number of nitrogens with zero attached hydrogens (tertiary/aromatic N) is 3. The number of benzene rings is 7. The largest absolute Gasteiger partial charge is 0.453 e. The third-order valence-corrected chi connectivity index (χ3v) is 12.6. The lowest BCUT2D eigenvalue weighted by molar-refractivity contribution is 0.667. The van der Waals surface area contributed by atoms with Gasteiger partial charge in [0.1, 0.15) is 17.6 Å². The van der Waals surface area contributed by atoms with Gasteiger partial charge >= 0.3 is 0 Å². The Morgan fingerprint density at radius 1 is 0.579 bits per heavy atom. The van der Waals surface area contributed by atoms with Gasteiger partial charge in [-0.15, -0.1) is 11.3 Å². The maximum absolute atomic E-state index is 6.99. The molecule has 0 amide bonds. The van der Waals surface area contributed by atoms with Crippen LogP contribution in [0, 0.1) is 0 Å². The lowest BCUT2D eigenvalue weighted by atomic mass is 10.00. The summed E-state index contributed by atoms with van der Waals surface area (Å²) in [6.45, 7) is 0. The summed E-state index contributed by atoms with van der Waals surface area (Å²) >= 11 is 1.82. The average molecular weight is 751 g/mol. The van der Waals surface area contributed by atoms with Crippen molar-refractivity contribution in [3.8, 4) is 16.8 Å². The van der Waals surface area contributed by atoms with Gasteiger partial charge in [-0.3, -0.25) is 0 Å². The Bertz CT molecular complexity index is 3340. The highest BCUT2D eigenvalue weighted by Gasteiger charge is 2.23. The molecule has 0 saturated heterocycles. The molecule has 1 unspecified atom stereocenters. The van der Waals surface area contributed by atoms with Crippen LogP contribution in [0.15, 0.2) is 190 Å². The number of amidine groups is 2. The van der Waals surface area contributed by atoms with Gasteiger partial charge in [-0.2, -0.15) is 0 Å². The van der Waals surface area contributed by atoms with Crippen molar-refractivity contribution < 1.29 is 4.42 Å². The summed E-state index contributed by atoms with van der Waals surface area (Å²) in [6.07, 6.45) is 8.61. The summed E-state index contributed by atoms with van der Waals surface area (Å²) in [7, 11) is 0. The number of rotatable bonds is 5. The first-order valence-electron chi connectivity index (χ1n) is 19.5. The minimum Gasteiger partial charge on any atom is -0.453 e. The van der Waals surface area contributed by atoms with Gasteiger partial charge in [0, 0.05) is 58.4 Å². The number of allylic oxidation sites excluding steroid dienone is 2. The Balaban J connectivity index is 0.961. The summed E-state index contributed by atoms with van der Waals surface area (Å²) in [5.74, 6) is 1.59. The second-order valence-electron chi connectivity index (χ2n) is 14.8. The van der Waals surface area contributed by atoms with Crippen molar-refractivity contribution in [2.75, 3.05) is 0 Å². The van der Waals surface area contributed by atoms with Crippen LogP contribution in [0.4, 0.5) is 0 Å². The highest BCUT2D eigenvalue weighted by atomic mass is 32.1. The summed E-state index contributed by atoms with van der Waals surface area (Å²) in [5, 5.41) is 10.8. The Labute approximate surface area is 332 Å². The zero-order valence-corrected chi connectivity index (χ0v) is 31.6. The molecule has 6 heteroatoms. The molecule has 12 rings (SSSR count). The van der Waals surface area contributed by atoms with Gasteiger partial charge in [0.15, 0.2) is 11.4 Å². The van der Waals surface area contributed by atoms with Crippen molar-refractivity contribution >= 4 is 86.9 Å². The van der Waals surface area contributed by atoms with E-state index in [1.165, 1.54) is 47.6 Å². The lowest BCUT2D eigenvalue weighted by Crippen LogP contribution is -2.40. The van der Waals surface area contributed by atoms with Crippen molar-refractivity contribution in [3.63, 3.8) is 0 Å². The average Bonchev–Trinajstić information content (AvgIpc) is 3.96. The van der Waals surface area contributed by atoms with Gasteiger partial charge in [0.25, 0.3) is 0 Å². The van der Waals surface area contributed by atoms with Crippen LogP contribution in [0.1, 0.15) is 24.0 Å². The van der Waals surface area contributed by atoms with E-state index in [9.17, 15) is 0 Å². The zero-order valence-electron chi connectivity index (χ0n) is 30.8. The van der Waals surface area contributed by atoms with Gasteiger partial charge in [-0.25, -0.2) is 9.98 Å². The van der Waals surface area contributed by atoms with E-state index in [1.807, 2.05) is 29.5 Å². The van der Waals surface area contributed by atoms with Crippen LogP contribution in [0.25, 0.3) is 80.7 Å². The third kappa shape index (κ3) is 5.14. The molecule has 10 aromatic rings. The van der Waals surface area contributed by atoms with Crippen LogP contribution in [0.3, 0.4) is 0 Å². The number of fused-ring (bicyclic) bond motifs is 9. The number of hydrogen-bond acceptors (Lipinski definition) is 5. The molecule has 5 nitrogen and oxygen atoms in total. The van der Waals surface area contributed by atoms with Crippen molar-refractivity contribution in [1.29, 1.82) is 0 Å². The molecule has 0 radical (unpaired) electrons. The summed E-state index contributed by atoms with van der Waals surface area (Å²) in [6, 6.07) is 54.1. The van der Waals surface area contributed by atoms with E-state index in [4.69, 9.17) is 14.4 Å². The maximum Gasteiger partial charge on any atom is 0.159 e. The Kier molecular flexibility index (Phi) is 7.22. The number of nitrogens with one attached hydrogen (secondary N) is 1. The number of para-hydroxylation sites is 4. The first-order chi connectivity index (χ1) is 28.2. The van der Waals surface area contributed by atoms with E-state index < -0.39 is 0 Å². The highest BCUT2D eigenvalue weighted by molar-refractivity contribution is 7.25. The Hall–Kier alpha value is -7.02. The summed E-state index contributed by atoms with van der Waals surface area (Å²) in [5.41, 5.74) is 10.6. The first kappa shape index (κ1) is 32.2. The maximum atomic E-state index is 6.99. The molecule has 0 saturated carbocycles. The minimum absolute atomic E-state index is 0.191. The number of thiophene rings is 1. The van der Waals surface area contributed by atoms with E-state index in [1.54, 1.807) is 0 Å². The third-order valence-electron chi connectivity index (χ3n) is 11.5. The highest BCUT2D eigenvalue weighted by Crippen LogP contribution is 2.43. The van der Waals surface area contributed by atoms with Crippen LogP contribution in [-0.2, 0) is 0 Å². The quantitative estimate of drug-likeness (QED) is 0.190. The molecule has 1 N–H and O–H groups in total. The van der Waals surface area contributed by atoms with Crippen LogP contribution in [0.2, 0.25) is 0 Å². The molecule has 1 aliphatic carbocycles. The van der Waals surface area contributed by atoms with Crippen LogP contribution in [0.5, 0.6) is 0 Å². The van der Waals surface area contributed by atoms with Crippen molar-refractivity contribution in [2.24, 2.45) is 9.98 Å². The van der Waals surface area contributed by atoms with E-state index in [0.29, 0.717) is 0 Å². The molecule has 2 aliphatic rings. The number of aromatic nitrogens is 1. The minimum atomic E-state index is -0.191. The number of aliphatic imine (C=N–C) groups is 2. The molecule has 0 fully saturated rings. The van der Waals surface area contributed by atoms with Gasteiger partial charge in [-0.1, -0.05) is 133 Å². The molecule has 270 valence electrons. The van der Waals surface area contributed by atoms with E-state index >= 15 is 0 Å². The van der Waals surface area contributed by atoms with Gasteiger partial charge < -0.3 is 14.3 Å². The van der Waals surface area contributed by atoms with Gasteiger partial charge in [-0.05, 0) is 60.4 Å². The lowest BCUT2D eigenvalue weighted by Gasteiger charge is -2.25. The molecule has 0 bridgehead atoms. The summed E-state index contributed by atoms with van der Waals surface area (Å²) in [4.78, 5) is 10.1. The molecule has 7 aromatic carbocycles. The van der Waals surface area contributed by atoms with Crippen LogP contribution >= 0.6 is 11.3 Å². The first-order valence-corrected chi connectivity index (χ1v) is 20.3. The second kappa shape index (κ2) is 12.8. The predicted molar refractivity (Wildman–Crippen MR) is 239 cm³/mol. The van der Waals surface area contributed by atoms with Crippen molar-refractivity contribution in [2.45, 2.75) is 19.0 Å². The monoisotopic (exact) mass is 750 g/mol. The summed E-state index contributed by atoms with van der Waals surface area (Å²) < 4.78 is 11.8. The number of hydrogen-bond donors (Lipinski definition) is 1. The van der Waals surface area contributed by atoms with E-state index in [-0.39, 0.29) is 6.17 Å².